The van der Waals surface area contributed by atoms with Gasteiger partial charge in [0.2, 0.25) is 0 Å². The van der Waals surface area contributed by atoms with Crippen LogP contribution in [0.5, 0.6) is 5.75 Å². The first kappa shape index (κ1) is 14.0. The summed E-state index contributed by atoms with van der Waals surface area (Å²) in [6, 6.07) is 3.88. The molecule has 2 N–H and O–H groups in total. The van der Waals surface area contributed by atoms with Crippen molar-refractivity contribution in [3.63, 3.8) is 0 Å². The van der Waals surface area contributed by atoms with Crippen LogP contribution in [0, 0.1) is 0 Å². The maximum atomic E-state index is 5.67. The Morgan fingerprint density at radius 2 is 2.16 bits per heavy atom. The van der Waals surface area contributed by atoms with Gasteiger partial charge in [-0.15, -0.1) is 11.3 Å². The Morgan fingerprint density at radius 1 is 1.26 bits per heavy atom. The van der Waals surface area contributed by atoms with Gasteiger partial charge in [0.1, 0.15) is 12.4 Å². The molecular formula is C14H19N3OS. The van der Waals surface area contributed by atoms with E-state index in [-0.39, 0.29) is 0 Å². The number of hydrogen-bond donors (Lipinski definition) is 1. The fourth-order valence-corrected chi connectivity index (χ4v) is 2.58. The molecule has 2 rings (SSSR count). The molecule has 19 heavy (non-hydrogen) atoms. The molecule has 2 aromatic rings. The van der Waals surface area contributed by atoms with Gasteiger partial charge in [-0.1, -0.05) is 6.92 Å². The Balaban J connectivity index is 1.86. The second-order valence-corrected chi connectivity index (χ2v) is 5.24. The van der Waals surface area contributed by atoms with Gasteiger partial charge in [-0.2, -0.15) is 0 Å². The van der Waals surface area contributed by atoms with Crippen LogP contribution in [-0.4, -0.2) is 16.5 Å². The Morgan fingerprint density at radius 3 is 2.84 bits per heavy atom. The molecule has 2 aromatic heterocycles. The largest absolute Gasteiger partial charge is 0.486 e. The molecule has 0 fully saturated rings. The highest BCUT2D eigenvalue weighted by Crippen LogP contribution is 2.15. The van der Waals surface area contributed by atoms with Crippen LogP contribution in [0.2, 0.25) is 0 Å². The molecular weight excluding hydrogens is 258 g/mol. The van der Waals surface area contributed by atoms with Gasteiger partial charge in [0.25, 0.3) is 0 Å². The summed E-state index contributed by atoms with van der Waals surface area (Å²) in [7, 11) is 0. The minimum atomic E-state index is 0.498. The van der Waals surface area contributed by atoms with Crippen LogP contribution < -0.4 is 10.5 Å². The summed E-state index contributed by atoms with van der Waals surface area (Å²) >= 11 is 1.70. The van der Waals surface area contributed by atoms with Crippen LogP contribution in [0.3, 0.4) is 0 Å². The first-order valence-corrected chi connectivity index (χ1v) is 7.41. The molecule has 0 amide bonds. The van der Waals surface area contributed by atoms with Crippen molar-refractivity contribution in [3.8, 4) is 5.75 Å². The Labute approximate surface area is 117 Å². The third-order valence-electron chi connectivity index (χ3n) is 2.65. The number of thiazole rings is 1. The number of ether oxygens (including phenoxy) is 1. The first-order valence-electron chi connectivity index (χ1n) is 6.53. The quantitative estimate of drug-likeness (QED) is 0.845. The molecule has 0 saturated heterocycles. The number of pyridine rings is 1. The number of nitrogens with zero attached hydrogens (tertiary/aromatic N) is 2. The number of aromatic nitrogens is 2. The van der Waals surface area contributed by atoms with Gasteiger partial charge in [-0.25, -0.2) is 4.98 Å². The van der Waals surface area contributed by atoms with Crippen molar-refractivity contribution in [2.75, 3.05) is 6.54 Å². The van der Waals surface area contributed by atoms with Crippen molar-refractivity contribution >= 4 is 11.3 Å². The zero-order chi connectivity index (χ0) is 13.5. The van der Waals surface area contributed by atoms with Crippen molar-refractivity contribution in [1.29, 1.82) is 0 Å². The lowest BCUT2D eigenvalue weighted by molar-refractivity contribution is 0.300. The molecule has 0 bridgehead atoms. The number of nitrogens with two attached hydrogens (primary N) is 1. The maximum Gasteiger partial charge on any atom is 0.138 e. The molecule has 2 heterocycles. The molecule has 0 aliphatic rings. The van der Waals surface area contributed by atoms with Crippen LogP contribution in [-0.2, 0) is 19.4 Å². The standard InChI is InChI=1S/C14H19N3OS/c1-2-3-14-17-12(10-19-14)9-18-13-5-4-11(6-7-15)16-8-13/h4-5,8,10H,2-3,6-7,9,15H2,1H3. The van der Waals surface area contributed by atoms with Gasteiger partial charge in [-0.05, 0) is 31.5 Å². The van der Waals surface area contributed by atoms with Crippen molar-refractivity contribution in [2.24, 2.45) is 5.73 Å². The zero-order valence-electron chi connectivity index (χ0n) is 11.1. The van der Waals surface area contributed by atoms with Crippen LogP contribution >= 0.6 is 11.3 Å². The minimum absolute atomic E-state index is 0.498. The normalized spacial score (nSPS) is 10.6. The third kappa shape index (κ3) is 4.29. The van der Waals surface area contributed by atoms with Crippen LogP contribution in [0.25, 0.3) is 0 Å². The smallest absolute Gasteiger partial charge is 0.138 e. The van der Waals surface area contributed by atoms with E-state index in [1.165, 1.54) is 5.01 Å². The molecule has 102 valence electrons. The highest BCUT2D eigenvalue weighted by Gasteiger charge is 2.03. The van der Waals surface area contributed by atoms with Crippen molar-refractivity contribution < 1.29 is 4.74 Å². The second kappa shape index (κ2) is 7.21. The molecule has 0 aliphatic carbocycles. The topological polar surface area (TPSA) is 61.0 Å². The van der Waals surface area contributed by atoms with E-state index >= 15 is 0 Å². The lowest BCUT2D eigenvalue weighted by Gasteiger charge is -2.04. The Bertz CT molecular complexity index is 496. The molecule has 0 aromatic carbocycles. The lowest BCUT2D eigenvalue weighted by Crippen LogP contribution is -2.04. The summed E-state index contributed by atoms with van der Waals surface area (Å²) in [5.41, 5.74) is 7.46. The third-order valence-corrected chi connectivity index (χ3v) is 3.61. The van der Waals surface area contributed by atoms with Crippen molar-refractivity contribution in [1.82, 2.24) is 9.97 Å². The molecule has 0 spiro atoms. The molecule has 0 aliphatic heterocycles. The van der Waals surface area contributed by atoms with E-state index in [9.17, 15) is 0 Å². The molecule has 0 unspecified atom stereocenters. The second-order valence-electron chi connectivity index (χ2n) is 4.30. The zero-order valence-corrected chi connectivity index (χ0v) is 11.9. The number of aryl methyl sites for hydroxylation is 1. The average Bonchev–Trinajstić information content (AvgIpc) is 2.87. The summed E-state index contributed by atoms with van der Waals surface area (Å²) in [4.78, 5) is 8.81. The molecule has 5 heteroatoms. The maximum absolute atomic E-state index is 5.67. The van der Waals surface area contributed by atoms with Crippen molar-refractivity contribution in [3.05, 3.63) is 40.1 Å². The first-order chi connectivity index (χ1) is 9.31. The monoisotopic (exact) mass is 277 g/mol. The van der Waals surface area contributed by atoms with E-state index in [0.29, 0.717) is 13.2 Å². The summed E-state index contributed by atoms with van der Waals surface area (Å²) in [5, 5.41) is 3.24. The lowest BCUT2D eigenvalue weighted by atomic mass is 10.3. The minimum Gasteiger partial charge on any atom is -0.486 e. The van der Waals surface area contributed by atoms with Crippen LogP contribution in [0.4, 0.5) is 0 Å². The summed E-state index contributed by atoms with van der Waals surface area (Å²) in [6.07, 6.45) is 4.71. The predicted molar refractivity (Wildman–Crippen MR) is 77.4 cm³/mol. The molecule has 0 saturated carbocycles. The van der Waals surface area contributed by atoms with E-state index in [1.807, 2.05) is 12.1 Å². The van der Waals surface area contributed by atoms with E-state index in [1.54, 1.807) is 17.5 Å². The van der Waals surface area contributed by atoms with Crippen molar-refractivity contribution in [2.45, 2.75) is 32.8 Å². The molecule has 4 nitrogen and oxygen atoms in total. The molecule has 0 atom stereocenters. The Kier molecular flexibility index (Phi) is 5.30. The number of rotatable bonds is 7. The van der Waals surface area contributed by atoms with Gasteiger partial charge in [0, 0.05) is 17.5 Å². The van der Waals surface area contributed by atoms with E-state index in [0.717, 1.165) is 36.4 Å². The van der Waals surface area contributed by atoms with Crippen LogP contribution in [0.1, 0.15) is 29.7 Å². The predicted octanol–water partition coefficient (Wildman–Crippen LogP) is 2.57. The summed E-state index contributed by atoms with van der Waals surface area (Å²) in [6.45, 7) is 3.27. The summed E-state index contributed by atoms with van der Waals surface area (Å²) in [5.74, 6) is 0.769. The number of hydrogen-bond acceptors (Lipinski definition) is 5. The SMILES string of the molecule is CCCc1nc(COc2ccc(CCN)nc2)cs1. The Hall–Kier alpha value is -1.46. The highest BCUT2D eigenvalue weighted by molar-refractivity contribution is 7.09. The summed E-state index contributed by atoms with van der Waals surface area (Å²) < 4.78 is 5.67. The average molecular weight is 277 g/mol. The van der Waals surface area contributed by atoms with Gasteiger partial charge in [0.05, 0.1) is 16.9 Å². The van der Waals surface area contributed by atoms with E-state index < -0.39 is 0 Å². The van der Waals surface area contributed by atoms with E-state index in [2.05, 4.69) is 22.3 Å². The molecule has 0 radical (unpaired) electrons. The van der Waals surface area contributed by atoms with E-state index in [4.69, 9.17) is 10.5 Å². The van der Waals surface area contributed by atoms with Gasteiger partial charge in [0.15, 0.2) is 0 Å². The van der Waals surface area contributed by atoms with Gasteiger partial charge >= 0.3 is 0 Å². The fourth-order valence-electron chi connectivity index (χ4n) is 1.69. The van der Waals surface area contributed by atoms with Crippen LogP contribution in [0.15, 0.2) is 23.7 Å². The van der Waals surface area contributed by atoms with Gasteiger partial charge in [-0.3, -0.25) is 4.98 Å². The highest BCUT2D eigenvalue weighted by atomic mass is 32.1. The van der Waals surface area contributed by atoms with Gasteiger partial charge < -0.3 is 10.5 Å². The fraction of sp³-hybridized carbons (Fsp3) is 0.429.